The highest BCUT2D eigenvalue weighted by Gasteiger charge is 2.35. The Labute approximate surface area is 133 Å². The predicted molar refractivity (Wildman–Crippen MR) is 83.0 cm³/mol. The summed E-state index contributed by atoms with van der Waals surface area (Å²) in [5.41, 5.74) is 2.71. The van der Waals surface area contributed by atoms with E-state index in [1.54, 1.807) is 12.1 Å². The zero-order valence-corrected chi connectivity index (χ0v) is 13.2. The summed E-state index contributed by atoms with van der Waals surface area (Å²) in [4.78, 5) is 12.2. The average Bonchev–Trinajstić information content (AvgIpc) is 2.85. The van der Waals surface area contributed by atoms with Crippen LogP contribution in [-0.4, -0.2) is 36.0 Å². The van der Waals surface area contributed by atoms with Crippen LogP contribution in [0.15, 0.2) is 24.3 Å². The SMILES string of the molecule is Cc1c(-c2ccc(Cl)cc2)n[nH]c1C(=O)OCC1(C)COC1. The van der Waals surface area contributed by atoms with Crippen molar-refractivity contribution in [3.63, 3.8) is 0 Å². The van der Waals surface area contributed by atoms with Crippen molar-refractivity contribution in [1.29, 1.82) is 0 Å². The molecule has 3 rings (SSSR count). The fraction of sp³-hybridized carbons (Fsp3) is 0.375. The molecule has 1 aromatic heterocycles. The normalized spacial score (nSPS) is 16.1. The van der Waals surface area contributed by atoms with Crippen LogP contribution in [0.2, 0.25) is 5.02 Å². The van der Waals surface area contributed by atoms with Crippen molar-refractivity contribution in [1.82, 2.24) is 10.2 Å². The third kappa shape index (κ3) is 2.87. The summed E-state index contributed by atoms with van der Waals surface area (Å²) in [6.45, 7) is 5.47. The van der Waals surface area contributed by atoms with E-state index < -0.39 is 5.97 Å². The van der Waals surface area contributed by atoms with Gasteiger partial charge >= 0.3 is 5.97 Å². The smallest absolute Gasteiger partial charge is 0.356 e. The molecule has 0 radical (unpaired) electrons. The molecule has 1 fully saturated rings. The summed E-state index contributed by atoms with van der Waals surface area (Å²) < 4.78 is 10.5. The number of nitrogens with one attached hydrogen (secondary N) is 1. The predicted octanol–water partition coefficient (Wildman–Crippen LogP) is 3.23. The van der Waals surface area contributed by atoms with E-state index in [0.717, 1.165) is 16.8 Å². The van der Waals surface area contributed by atoms with Gasteiger partial charge in [-0.2, -0.15) is 5.10 Å². The second kappa shape index (κ2) is 5.74. The van der Waals surface area contributed by atoms with Crippen molar-refractivity contribution < 1.29 is 14.3 Å². The first-order valence-corrected chi connectivity index (χ1v) is 7.42. The molecule has 0 bridgehead atoms. The third-order valence-electron chi connectivity index (χ3n) is 3.78. The van der Waals surface area contributed by atoms with Gasteiger partial charge in [0, 0.05) is 21.6 Å². The standard InChI is InChI=1S/C16H17ClN2O3/c1-10-13(11-3-5-12(17)6-4-11)18-19-14(10)15(20)22-9-16(2)7-21-8-16/h3-6H,7-9H2,1-2H3,(H,18,19). The molecule has 6 heteroatoms. The molecule has 2 aromatic rings. The number of rotatable bonds is 4. The van der Waals surface area contributed by atoms with Gasteiger partial charge in [0.2, 0.25) is 0 Å². The molecule has 1 saturated heterocycles. The first kappa shape index (κ1) is 15.1. The van der Waals surface area contributed by atoms with Gasteiger partial charge in [-0.3, -0.25) is 5.10 Å². The molecule has 1 N–H and O–H groups in total. The number of hydrogen-bond acceptors (Lipinski definition) is 4. The monoisotopic (exact) mass is 320 g/mol. The van der Waals surface area contributed by atoms with Crippen molar-refractivity contribution >= 4 is 17.6 Å². The number of hydrogen-bond donors (Lipinski definition) is 1. The highest BCUT2D eigenvalue weighted by Crippen LogP contribution is 2.28. The molecular formula is C16H17ClN2O3. The Balaban J connectivity index is 1.75. The van der Waals surface area contributed by atoms with Gasteiger partial charge < -0.3 is 9.47 Å². The number of benzene rings is 1. The van der Waals surface area contributed by atoms with E-state index in [9.17, 15) is 4.79 Å². The largest absolute Gasteiger partial charge is 0.460 e. The van der Waals surface area contributed by atoms with Crippen LogP contribution >= 0.6 is 11.6 Å². The van der Waals surface area contributed by atoms with Gasteiger partial charge in [0.05, 0.1) is 18.9 Å². The quantitative estimate of drug-likeness (QED) is 0.878. The number of carbonyl (C=O) groups is 1. The van der Waals surface area contributed by atoms with Crippen molar-refractivity contribution in [2.75, 3.05) is 19.8 Å². The zero-order valence-electron chi connectivity index (χ0n) is 12.5. The number of aromatic nitrogens is 2. The zero-order chi connectivity index (χ0) is 15.7. The molecular weight excluding hydrogens is 304 g/mol. The van der Waals surface area contributed by atoms with Crippen LogP contribution in [0.1, 0.15) is 23.0 Å². The summed E-state index contributed by atoms with van der Waals surface area (Å²) in [5.74, 6) is -0.390. The Morgan fingerprint density at radius 1 is 1.41 bits per heavy atom. The summed E-state index contributed by atoms with van der Waals surface area (Å²) >= 11 is 5.89. The van der Waals surface area contributed by atoms with E-state index in [4.69, 9.17) is 21.1 Å². The van der Waals surface area contributed by atoms with Gasteiger partial charge in [-0.1, -0.05) is 30.7 Å². The van der Waals surface area contributed by atoms with Crippen LogP contribution in [0.3, 0.4) is 0 Å². The summed E-state index contributed by atoms with van der Waals surface area (Å²) in [7, 11) is 0. The fourth-order valence-corrected chi connectivity index (χ4v) is 2.46. The van der Waals surface area contributed by atoms with Gasteiger partial charge in [0.1, 0.15) is 12.3 Å². The average molecular weight is 321 g/mol. The Morgan fingerprint density at radius 3 is 2.68 bits per heavy atom. The molecule has 0 saturated carbocycles. The highest BCUT2D eigenvalue weighted by molar-refractivity contribution is 6.30. The second-order valence-electron chi connectivity index (χ2n) is 5.96. The lowest BCUT2D eigenvalue weighted by Crippen LogP contribution is -2.44. The Morgan fingerprint density at radius 2 is 2.09 bits per heavy atom. The van der Waals surface area contributed by atoms with Crippen LogP contribution in [0.5, 0.6) is 0 Å². The van der Waals surface area contributed by atoms with Crippen LogP contribution in [0, 0.1) is 12.3 Å². The molecule has 1 aromatic carbocycles. The Bertz CT molecular complexity index is 690. The van der Waals surface area contributed by atoms with Crippen LogP contribution < -0.4 is 0 Å². The van der Waals surface area contributed by atoms with E-state index in [1.807, 2.05) is 26.0 Å². The van der Waals surface area contributed by atoms with E-state index in [-0.39, 0.29) is 5.41 Å². The van der Waals surface area contributed by atoms with E-state index in [2.05, 4.69) is 10.2 Å². The lowest BCUT2D eigenvalue weighted by atomic mass is 9.90. The third-order valence-corrected chi connectivity index (χ3v) is 4.04. The van der Waals surface area contributed by atoms with Gasteiger partial charge in [-0.05, 0) is 19.1 Å². The number of H-pyrrole nitrogens is 1. The molecule has 1 aliphatic heterocycles. The number of ether oxygens (including phenoxy) is 2. The number of esters is 1. The van der Waals surface area contributed by atoms with E-state index >= 15 is 0 Å². The van der Waals surface area contributed by atoms with Gasteiger partial charge in [0.25, 0.3) is 0 Å². The molecule has 0 unspecified atom stereocenters. The first-order chi connectivity index (χ1) is 10.5. The molecule has 0 atom stereocenters. The molecule has 5 nitrogen and oxygen atoms in total. The highest BCUT2D eigenvalue weighted by atomic mass is 35.5. The number of halogens is 1. The summed E-state index contributed by atoms with van der Waals surface area (Å²) in [6.07, 6.45) is 0. The molecule has 116 valence electrons. The van der Waals surface area contributed by atoms with Crippen molar-refractivity contribution in [2.45, 2.75) is 13.8 Å². The second-order valence-corrected chi connectivity index (χ2v) is 6.40. The number of nitrogens with zero attached hydrogens (tertiary/aromatic N) is 1. The molecule has 0 aliphatic carbocycles. The molecule has 0 amide bonds. The van der Waals surface area contributed by atoms with Crippen molar-refractivity contribution in [3.05, 3.63) is 40.5 Å². The lowest BCUT2D eigenvalue weighted by Gasteiger charge is -2.37. The van der Waals surface area contributed by atoms with E-state index in [0.29, 0.717) is 30.5 Å². The lowest BCUT2D eigenvalue weighted by molar-refractivity contribution is -0.127. The van der Waals surface area contributed by atoms with Gasteiger partial charge in [-0.25, -0.2) is 4.79 Å². The molecule has 2 heterocycles. The summed E-state index contributed by atoms with van der Waals surface area (Å²) in [5, 5.41) is 7.65. The fourth-order valence-electron chi connectivity index (χ4n) is 2.33. The topological polar surface area (TPSA) is 64.2 Å². The molecule has 1 aliphatic rings. The van der Waals surface area contributed by atoms with Crippen LogP contribution in [0.4, 0.5) is 0 Å². The Kier molecular flexibility index (Phi) is 3.93. The minimum absolute atomic E-state index is 0.0669. The minimum Gasteiger partial charge on any atom is -0.460 e. The van der Waals surface area contributed by atoms with E-state index in [1.165, 1.54) is 0 Å². The first-order valence-electron chi connectivity index (χ1n) is 7.04. The number of carbonyl (C=O) groups excluding carboxylic acids is 1. The van der Waals surface area contributed by atoms with Crippen LogP contribution in [0.25, 0.3) is 11.3 Å². The molecule has 0 spiro atoms. The maximum Gasteiger partial charge on any atom is 0.356 e. The minimum atomic E-state index is -0.390. The maximum atomic E-state index is 12.2. The maximum absolute atomic E-state index is 12.2. The van der Waals surface area contributed by atoms with Crippen molar-refractivity contribution in [3.8, 4) is 11.3 Å². The van der Waals surface area contributed by atoms with Crippen molar-refractivity contribution in [2.24, 2.45) is 5.41 Å². The molecule has 22 heavy (non-hydrogen) atoms. The van der Waals surface area contributed by atoms with Gasteiger partial charge in [-0.15, -0.1) is 0 Å². The van der Waals surface area contributed by atoms with Gasteiger partial charge in [0.15, 0.2) is 0 Å². The van der Waals surface area contributed by atoms with Crippen LogP contribution in [-0.2, 0) is 9.47 Å². The summed E-state index contributed by atoms with van der Waals surface area (Å²) in [6, 6.07) is 7.32. The Hall–Kier alpha value is -1.85. The number of aromatic amines is 1.